The third kappa shape index (κ3) is 2.32. The molecular formula is C13H16N2O2S. The number of hydrogen-bond acceptors (Lipinski definition) is 3. The molecule has 0 saturated carbocycles. The molecule has 0 amide bonds. The van der Waals surface area contributed by atoms with Crippen LogP contribution in [0.15, 0.2) is 41.3 Å². The molecule has 3 N–H and O–H groups in total. The molecule has 5 heteroatoms. The van der Waals surface area contributed by atoms with Crippen LogP contribution in [-0.4, -0.2) is 15.0 Å². The van der Waals surface area contributed by atoms with Crippen LogP contribution in [0.3, 0.4) is 0 Å². The van der Waals surface area contributed by atoms with Crippen molar-refractivity contribution in [2.75, 3.05) is 12.3 Å². The molecule has 96 valence electrons. The summed E-state index contributed by atoms with van der Waals surface area (Å²) in [6, 6.07) is 10.4. The summed E-state index contributed by atoms with van der Waals surface area (Å²) in [6.45, 7) is 2.35. The summed E-state index contributed by atoms with van der Waals surface area (Å²) in [4.78, 5) is 0.278. The number of anilines is 1. The molecule has 0 heterocycles. The van der Waals surface area contributed by atoms with E-state index in [-0.39, 0.29) is 4.90 Å². The fourth-order valence-electron chi connectivity index (χ4n) is 1.84. The van der Waals surface area contributed by atoms with Gasteiger partial charge in [-0.15, -0.1) is 0 Å². The molecule has 0 aromatic heterocycles. The zero-order valence-corrected chi connectivity index (χ0v) is 11.0. The highest BCUT2D eigenvalue weighted by Gasteiger charge is 2.17. The normalized spacial score (nSPS) is 11.8. The topological polar surface area (TPSA) is 72.2 Å². The number of nitrogen functional groups attached to an aromatic ring is 1. The molecule has 0 spiro atoms. The van der Waals surface area contributed by atoms with Crippen LogP contribution in [0.25, 0.3) is 10.8 Å². The van der Waals surface area contributed by atoms with Gasteiger partial charge in [-0.2, -0.15) is 0 Å². The number of benzene rings is 2. The monoisotopic (exact) mass is 264 g/mol. The SMILES string of the molecule is CCCNS(=O)(=O)c1ccc(N)c2ccccc12. The smallest absolute Gasteiger partial charge is 0.241 e. The Morgan fingerprint density at radius 1 is 1.11 bits per heavy atom. The Labute approximate surface area is 107 Å². The van der Waals surface area contributed by atoms with Crippen LogP contribution >= 0.6 is 0 Å². The van der Waals surface area contributed by atoms with Crippen LogP contribution in [0.4, 0.5) is 5.69 Å². The highest BCUT2D eigenvalue weighted by atomic mass is 32.2. The fourth-order valence-corrected chi connectivity index (χ4v) is 3.19. The van der Waals surface area contributed by atoms with Gasteiger partial charge in [0.05, 0.1) is 4.90 Å². The van der Waals surface area contributed by atoms with Crippen molar-refractivity contribution >= 4 is 26.5 Å². The van der Waals surface area contributed by atoms with Crippen LogP contribution in [0.2, 0.25) is 0 Å². The summed E-state index contributed by atoms with van der Waals surface area (Å²) < 4.78 is 26.9. The Morgan fingerprint density at radius 2 is 1.78 bits per heavy atom. The maximum atomic E-state index is 12.2. The first kappa shape index (κ1) is 12.9. The minimum absolute atomic E-state index is 0.278. The second-order valence-corrected chi connectivity index (χ2v) is 5.83. The molecule has 0 aliphatic heterocycles. The lowest BCUT2D eigenvalue weighted by Gasteiger charge is -2.10. The first-order valence-corrected chi connectivity index (χ1v) is 7.31. The highest BCUT2D eigenvalue weighted by Crippen LogP contribution is 2.27. The molecule has 0 bridgehead atoms. The lowest BCUT2D eigenvalue weighted by atomic mass is 10.1. The summed E-state index contributed by atoms with van der Waals surface area (Å²) in [5.74, 6) is 0. The number of fused-ring (bicyclic) bond motifs is 1. The Kier molecular flexibility index (Phi) is 3.54. The van der Waals surface area contributed by atoms with Crippen molar-refractivity contribution in [1.82, 2.24) is 4.72 Å². The zero-order chi connectivity index (χ0) is 13.2. The predicted molar refractivity (Wildman–Crippen MR) is 73.8 cm³/mol. The summed E-state index contributed by atoms with van der Waals surface area (Å²) in [5.41, 5.74) is 6.44. The number of rotatable bonds is 4. The summed E-state index contributed by atoms with van der Waals surface area (Å²) >= 11 is 0. The van der Waals surface area contributed by atoms with Gasteiger partial charge in [0.15, 0.2) is 0 Å². The molecule has 0 atom stereocenters. The third-order valence-corrected chi connectivity index (χ3v) is 4.27. The highest BCUT2D eigenvalue weighted by molar-refractivity contribution is 7.89. The molecule has 0 aliphatic carbocycles. The average Bonchev–Trinajstić information content (AvgIpc) is 2.37. The van der Waals surface area contributed by atoms with E-state index < -0.39 is 10.0 Å². The van der Waals surface area contributed by atoms with Crippen LogP contribution in [0.5, 0.6) is 0 Å². The van der Waals surface area contributed by atoms with Crippen molar-refractivity contribution in [3.8, 4) is 0 Å². The third-order valence-electron chi connectivity index (χ3n) is 2.75. The van der Waals surface area contributed by atoms with Gasteiger partial charge in [-0.1, -0.05) is 31.2 Å². The van der Waals surface area contributed by atoms with Crippen LogP contribution < -0.4 is 10.5 Å². The second kappa shape index (κ2) is 4.96. The van der Waals surface area contributed by atoms with E-state index >= 15 is 0 Å². The first-order chi connectivity index (χ1) is 8.56. The van der Waals surface area contributed by atoms with E-state index in [1.54, 1.807) is 24.3 Å². The number of nitrogens with two attached hydrogens (primary N) is 1. The predicted octanol–water partition coefficient (Wildman–Crippen LogP) is 2.11. The van der Waals surface area contributed by atoms with Crippen molar-refractivity contribution < 1.29 is 8.42 Å². The summed E-state index contributed by atoms with van der Waals surface area (Å²) in [6.07, 6.45) is 0.756. The van der Waals surface area contributed by atoms with Crippen LogP contribution in [0.1, 0.15) is 13.3 Å². The van der Waals surface area contributed by atoms with Crippen LogP contribution in [-0.2, 0) is 10.0 Å². The molecule has 0 radical (unpaired) electrons. The number of nitrogens with one attached hydrogen (secondary N) is 1. The van der Waals surface area contributed by atoms with Gasteiger partial charge in [0.25, 0.3) is 0 Å². The second-order valence-electron chi connectivity index (χ2n) is 4.10. The molecule has 2 aromatic rings. The van der Waals surface area contributed by atoms with E-state index in [1.807, 2.05) is 19.1 Å². The number of sulfonamides is 1. The van der Waals surface area contributed by atoms with Crippen molar-refractivity contribution in [2.45, 2.75) is 18.2 Å². The molecule has 0 aliphatic rings. The van der Waals surface area contributed by atoms with Gasteiger partial charge in [-0.3, -0.25) is 0 Å². The first-order valence-electron chi connectivity index (χ1n) is 5.83. The van der Waals surface area contributed by atoms with Gasteiger partial charge in [0.1, 0.15) is 0 Å². The Balaban J connectivity index is 2.62. The summed E-state index contributed by atoms with van der Waals surface area (Å²) in [7, 11) is -3.47. The Bertz CT molecular complexity index is 666. The van der Waals surface area contributed by atoms with E-state index in [0.717, 1.165) is 11.8 Å². The number of hydrogen-bond donors (Lipinski definition) is 2. The lowest BCUT2D eigenvalue weighted by molar-refractivity contribution is 0.582. The Morgan fingerprint density at radius 3 is 2.44 bits per heavy atom. The van der Waals surface area contributed by atoms with E-state index in [9.17, 15) is 8.42 Å². The van der Waals surface area contributed by atoms with Crippen molar-refractivity contribution in [3.05, 3.63) is 36.4 Å². The van der Waals surface area contributed by atoms with Gasteiger partial charge < -0.3 is 5.73 Å². The molecule has 2 rings (SSSR count). The average molecular weight is 264 g/mol. The van der Waals surface area contributed by atoms with E-state index in [2.05, 4.69) is 4.72 Å². The zero-order valence-electron chi connectivity index (χ0n) is 10.2. The molecule has 0 unspecified atom stereocenters. The van der Waals surface area contributed by atoms with Crippen LogP contribution in [0, 0.1) is 0 Å². The molecule has 18 heavy (non-hydrogen) atoms. The molecule has 2 aromatic carbocycles. The largest absolute Gasteiger partial charge is 0.398 e. The standard InChI is InChI=1S/C13H16N2O2S/c1-2-9-15-18(16,17)13-8-7-12(14)10-5-3-4-6-11(10)13/h3-8,15H,2,9,14H2,1H3. The Hall–Kier alpha value is -1.59. The van der Waals surface area contributed by atoms with Crippen molar-refractivity contribution in [2.24, 2.45) is 0 Å². The van der Waals surface area contributed by atoms with E-state index in [1.165, 1.54) is 0 Å². The van der Waals surface area contributed by atoms with E-state index in [0.29, 0.717) is 17.6 Å². The summed E-state index contributed by atoms with van der Waals surface area (Å²) in [5, 5.41) is 1.41. The minimum Gasteiger partial charge on any atom is -0.398 e. The molecule has 0 saturated heterocycles. The lowest BCUT2D eigenvalue weighted by Crippen LogP contribution is -2.24. The fraction of sp³-hybridized carbons (Fsp3) is 0.231. The van der Waals surface area contributed by atoms with Gasteiger partial charge >= 0.3 is 0 Å². The van der Waals surface area contributed by atoms with Gasteiger partial charge in [0, 0.05) is 23.0 Å². The minimum atomic E-state index is -3.47. The maximum absolute atomic E-state index is 12.2. The molecular weight excluding hydrogens is 248 g/mol. The van der Waals surface area contributed by atoms with Crippen molar-refractivity contribution in [3.63, 3.8) is 0 Å². The molecule has 4 nitrogen and oxygen atoms in total. The van der Waals surface area contributed by atoms with E-state index in [4.69, 9.17) is 5.73 Å². The molecule has 0 fully saturated rings. The van der Waals surface area contributed by atoms with Gasteiger partial charge in [0.2, 0.25) is 10.0 Å². The quantitative estimate of drug-likeness (QED) is 0.831. The van der Waals surface area contributed by atoms with Crippen molar-refractivity contribution in [1.29, 1.82) is 0 Å². The maximum Gasteiger partial charge on any atom is 0.241 e. The van der Waals surface area contributed by atoms with Gasteiger partial charge in [-0.05, 0) is 18.6 Å². The van der Waals surface area contributed by atoms with Gasteiger partial charge in [-0.25, -0.2) is 13.1 Å².